The fraction of sp³-hybridized carbons (Fsp3) is 0.625. The average Bonchev–Trinajstić information content (AvgIpc) is 2.15. The van der Waals surface area contributed by atoms with E-state index in [-0.39, 0.29) is 0 Å². The van der Waals surface area contributed by atoms with E-state index >= 15 is 0 Å². The summed E-state index contributed by atoms with van der Waals surface area (Å²) in [7, 11) is 0. The SMILES string of the molecule is CC(C)C.Cc1cncs1. The first-order valence-electron chi connectivity index (χ1n) is 3.48. The highest BCUT2D eigenvalue weighted by Gasteiger charge is 1.76. The lowest BCUT2D eigenvalue weighted by atomic mass is 10.3. The maximum absolute atomic E-state index is 3.84. The second-order valence-electron chi connectivity index (χ2n) is 2.84. The first-order valence-corrected chi connectivity index (χ1v) is 4.36. The number of aryl methyl sites for hydroxylation is 1. The zero-order valence-corrected chi connectivity index (χ0v) is 7.90. The van der Waals surface area contributed by atoms with Gasteiger partial charge in [-0.15, -0.1) is 11.3 Å². The van der Waals surface area contributed by atoms with Gasteiger partial charge in [-0.2, -0.15) is 0 Å². The summed E-state index contributed by atoms with van der Waals surface area (Å²) in [4.78, 5) is 5.11. The van der Waals surface area contributed by atoms with Crippen LogP contribution in [0, 0.1) is 12.8 Å². The number of thiazole rings is 1. The van der Waals surface area contributed by atoms with Crippen LogP contribution >= 0.6 is 11.3 Å². The van der Waals surface area contributed by atoms with Gasteiger partial charge in [0.15, 0.2) is 0 Å². The van der Waals surface area contributed by atoms with Crippen molar-refractivity contribution >= 4 is 11.3 Å². The lowest BCUT2D eigenvalue weighted by molar-refractivity contribution is 0.737. The summed E-state index contributed by atoms with van der Waals surface area (Å²) in [6.45, 7) is 8.54. The topological polar surface area (TPSA) is 12.9 Å². The molecule has 10 heavy (non-hydrogen) atoms. The van der Waals surface area contributed by atoms with Crippen LogP contribution < -0.4 is 0 Å². The first-order chi connectivity index (χ1) is 4.63. The summed E-state index contributed by atoms with van der Waals surface area (Å²) in [5, 5.41) is 0. The molecule has 0 radical (unpaired) electrons. The van der Waals surface area contributed by atoms with Gasteiger partial charge in [-0.1, -0.05) is 20.8 Å². The van der Waals surface area contributed by atoms with Crippen molar-refractivity contribution in [1.82, 2.24) is 4.98 Å². The predicted octanol–water partition coefficient (Wildman–Crippen LogP) is 3.11. The highest BCUT2D eigenvalue weighted by atomic mass is 32.1. The van der Waals surface area contributed by atoms with Gasteiger partial charge in [0.25, 0.3) is 0 Å². The van der Waals surface area contributed by atoms with Gasteiger partial charge in [0, 0.05) is 11.1 Å². The maximum Gasteiger partial charge on any atom is 0.0794 e. The van der Waals surface area contributed by atoms with E-state index in [1.165, 1.54) is 4.88 Å². The molecule has 0 N–H and O–H groups in total. The van der Waals surface area contributed by atoms with E-state index < -0.39 is 0 Å². The second kappa shape index (κ2) is 5.42. The Bertz CT molecular complexity index is 142. The van der Waals surface area contributed by atoms with Crippen molar-refractivity contribution in [2.75, 3.05) is 0 Å². The van der Waals surface area contributed by atoms with E-state index in [9.17, 15) is 0 Å². The predicted molar refractivity (Wildman–Crippen MR) is 47.4 cm³/mol. The fourth-order valence-corrected chi connectivity index (χ4v) is 0.689. The molecule has 0 aliphatic heterocycles. The van der Waals surface area contributed by atoms with Gasteiger partial charge in [0.1, 0.15) is 0 Å². The molecule has 1 heterocycles. The lowest BCUT2D eigenvalue weighted by Crippen LogP contribution is -1.66. The van der Waals surface area contributed by atoms with Crippen molar-refractivity contribution in [2.45, 2.75) is 27.7 Å². The smallest absolute Gasteiger partial charge is 0.0794 e. The molecule has 0 aliphatic carbocycles. The molecule has 0 fully saturated rings. The van der Waals surface area contributed by atoms with Gasteiger partial charge in [0.05, 0.1) is 5.51 Å². The van der Waals surface area contributed by atoms with E-state index in [1.54, 1.807) is 11.3 Å². The Morgan fingerprint density at radius 1 is 1.40 bits per heavy atom. The van der Waals surface area contributed by atoms with Crippen molar-refractivity contribution < 1.29 is 0 Å². The lowest BCUT2D eigenvalue weighted by Gasteiger charge is -1.79. The second-order valence-corrected chi connectivity index (χ2v) is 3.93. The Balaban J connectivity index is 0.000000180. The molecule has 0 bridgehead atoms. The van der Waals surface area contributed by atoms with Crippen molar-refractivity contribution in [1.29, 1.82) is 0 Å². The Kier molecular flexibility index (Phi) is 5.22. The minimum absolute atomic E-state index is 0.833. The van der Waals surface area contributed by atoms with E-state index in [0.717, 1.165) is 5.92 Å². The van der Waals surface area contributed by atoms with Crippen LogP contribution in [0.4, 0.5) is 0 Å². The fourth-order valence-electron chi connectivity index (χ4n) is 0.279. The van der Waals surface area contributed by atoms with Crippen LogP contribution in [0.5, 0.6) is 0 Å². The molecule has 58 valence electrons. The standard InChI is InChI=1S/C4H5NS.C4H10/c1-4-2-5-3-6-4;1-4(2)3/h2-3H,1H3;4H,1-3H3. The third-order valence-corrected chi connectivity index (χ3v) is 1.26. The monoisotopic (exact) mass is 157 g/mol. The number of hydrogen-bond acceptors (Lipinski definition) is 2. The third-order valence-electron chi connectivity index (χ3n) is 0.556. The molecule has 1 rings (SSSR count). The number of rotatable bonds is 0. The van der Waals surface area contributed by atoms with Crippen LogP contribution in [0.3, 0.4) is 0 Å². The molecule has 0 spiro atoms. The summed E-state index contributed by atoms with van der Waals surface area (Å²) in [6, 6.07) is 0. The van der Waals surface area contributed by atoms with Gasteiger partial charge in [-0.25, -0.2) is 0 Å². The Morgan fingerprint density at radius 3 is 2.00 bits per heavy atom. The quantitative estimate of drug-likeness (QED) is 0.564. The molecule has 0 atom stereocenters. The summed E-state index contributed by atoms with van der Waals surface area (Å²) in [5.41, 5.74) is 1.83. The Morgan fingerprint density at radius 2 is 1.90 bits per heavy atom. The van der Waals surface area contributed by atoms with Gasteiger partial charge in [0.2, 0.25) is 0 Å². The molecule has 1 aromatic rings. The summed E-state index contributed by atoms with van der Waals surface area (Å²) in [6.07, 6.45) is 1.85. The molecule has 0 unspecified atom stereocenters. The van der Waals surface area contributed by atoms with Crippen LogP contribution in [0.1, 0.15) is 25.6 Å². The molecule has 0 amide bonds. The van der Waals surface area contributed by atoms with Crippen LogP contribution in [-0.4, -0.2) is 4.98 Å². The zero-order chi connectivity index (χ0) is 7.98. The van der Waals surface area contributed by atoms with Gasteiger partial charge < -0.3 is 0 Å². The molecule has 0 saturated carbocycles. The number of nitrogens with zero attached hydrogens (tertiary/aromatic N) is 1. The first kappa shape index (κ1) is 9.63. The van der Waals surface area contributed by atoms with Crippen molar-refractivity contribution in [3.05, 3.63) is 16.6 Å². The van der Waals surface area contributed by atoms with Gasteiger partial charge in [-0.05, 0) is 12.8 Å². The minimum Gasteiger partial charge on any atom is -0.253 e. The molecule has 1 nitrogen and oxygen atoms in total. The van der Waals surface area contributed by atoms with Crippen LogP contribution in [-0.2, 0) is 0 Å². The zero-order valence-electron chi connectivity index (χ0n) is 7.09. The highest BCUT2D eigenvalue weighted by Crippen LogP contribution is 1.99. The van der Waals surface area contributed by atoms with Gasteiger partial charge in [-0.3, -0.25) is 4.98 Å². The van der Waals surface area contributed by atoms with Crippen molar-refractivity contribution in [3.63, 3.8) is 0 Å². The van der Waals surface area contributed by atoms with Crippen molar-refractivity contribution in [2.24, 2.45) is 5.92 Å². The van der Waals surface area contributed by atoms with Crippen LogP contribution in [0.25, 0.3) is 0 Å². The summed E-state index contributed by atoms with van der Waals surface area (Å²) in [5.74, 6) is 0.833. The largest absolute Gasteiger partial charge is 0.253 e. The molecule has 2 heteroatoms. The molecule has 0 aromatic carbocycles. The molecular formula is C8H15NS. The van der Waals surface area contributed by atoms with Crippen molar-refractivity contribution in [3.8, 4) is 0 Å². The molecule has 0 saturated heterocycles. The summed E-state index contributed by atoms with van der Waals surface area (Å²) >= 11 is 1.67. The molecular weight excluding hydrogens is 142 g/mol. The van der Waals surface area contributed by atoms with E-state index in [1.807, 2.05) is 18.6 Å². The molecule has 0 aliphatic rings. The normalized spacial score (nSPS) is 8.90. The average molecular weight is 157 g/mol. The Labute approximate surface area is 67.1 Å². The van der Waals surface area contributed by atoms with E-state index in [4.69, 9.17) is 0 Å². The molecule has 1 aromatic heterocycles. The Hall–Kier alpha value is -0.370. The van der Waals surface area contributed by atoms with Crippen LogP contribution in [0.15, 0.2) is 11.7 Å². The minimum atomic E-state index is 0.833. The highest BCUT2D eigenvalue weighted by molar-refractivity contribution is 7.09. The van der Waals surface area contributed by atoms with Crippen LogP contribution in [0.2, 0.25) is 0 Å². The van der Waals surface area contributed by atoms with Gasteiger partial charge >= 0.3 is 0 Å². The number of aromatic nitrogens is 1. The summed E-state index contributed by atoms with van der Waals surface area (Å²) < 4.78 is 0. The number of hydrogen-bond donors (Lipinski definition) is 0. The van der Waals surface area contributed by atoms with E-state index in [2.05, 4.69) is 25.8 Å². The maximum atomic E-state index is 3.84. The van der Waals surface area contributed by atoms with E-state index in [0.29, 0.717) is 0 Å². The third kappa shape index (κ3) is 7.63.